The fourth-order valence-electron chi connectivity index (χ4n) is 2.38. The lowest BCUT2D eigenvalue weighted by molar-refractivity contribution is -0.120. The Kier molecular flexibility index (Phi) is 6.55. The van der Waals surface area contributed by atoms with Gasteiger partial charge < -0.3 is 10.6 Å². The molecule has 2 N–H and O–H groups in total. The lowest BCUT2D eigenvalue weighted by Gasteiger charge is -2.09. The highest BCUT2D eigenvalue weighted by Crippen LogP contribution is 2.09. The van der Waals surface area contributed by atoms with Gasteiger partial charge in [-0.1, -0.05) is 56.3 Å². The van der Waals surface area contributed by atoms with Gasteiger partial charge in [-0.25, -0.2) is 0 Å². The van der Waals surface area contributed by atoms with Crippen LogP contribution in [0.3, 0.4) is 0 Å². The van der Waals surface area contributed by atoms with Gasteiger partial charge >= 0.3 is 0 Å². The first-order valence-corrected chi connectivity index (χ1v) is 8.22. The second-order valence-corrected chi connectivity index (χ2v) is 6.24. The molecule has 2 amide bonds. The number of carbonyl (C=O) groups is 2. The largest absolute Gasteiger partial charge is 0.350 e. The Balaban J connectivity index is 1.74. The summed E-state index contributed by atoms with van der Waals surface area (Å²) in [6.45, 7) is 4.82. The van der Waals surface area contributed by atoms with Gasteiger partial charge in [-0.2, -0.15) is 0 Å². The van der Waals surface area contributed by atoms with E-state index < -0.39 is 0 Å². The molecule has 24 heavy (non-hydrogen) atoms. The molecule has 0 unspecified atom stereocenters. The minimum atomic E-state index is -0.246. The van der Waals surface area contributed by atoms with Gasteiger partial charge in [0.25, 0.3) is 5.91 Å². The minimum absolute atomic E-state index is 0.0286. The van der Waals surface area contributed by atoms with Crippen molar-refractivity contribution in [2.75, 3.05) is 6.54 Å². The molecule has 0 saturated carbocycles. The molecule has 4 nitrogen and oxygen atoms in total. The van der Waals surface area contributed by atoms with Crippen molar-refractivity contribution < 1.29 is 9.59 Å². The number of benzene rings is 2. The maximum absolute atomic E-state index is 11.9. The first-order valence-electron chi connectivity index (χ1n) is 8.22. The third kappa shape index (κ3) is 5.88. The second-order valence-electron chi connectivity index (χ2n) is 6.24. The fraction of sp³-hybridized carbons (Fsp3) is 0.300. The molecular weight excluding hydrogens is 300 g/mol. The fourth-order valence-corrected chi connectivity index (χ4v) is 2.38. The highest BCUT2D eigenvalue weighted by molar-refractivity contribution is 5.96. The average molecular weight is 324 g/mol. The maximum Gasteiger partial charge on any atom is 0.251 e. The quantitative estimate of drug-likeness (QED) is 0.823. The summed E-state index contributed by atoms with van der Waals surface area (Å²) in [4.78, 5) is 23.7. The van der Waals surface area contributed by atoms with E-state index in [9.17, 15) is 9.59 Å². The standard InChI is InChI=1S/C20H24N2O2/c1-15(2)12-16-8-10-17(11-9-16)13-21-19(23)14-22-20(24)18-6-4-3-5-7-18/h3-11,15H,12-14H2,1-2H3,(H,21,23)(H,22,24). The van der Waals surface area contributed by atoms with Crippen molar-refractivity contribution in [1.82, 2.24) is 10.6 Å². The topological polar surface area (TPSA) is 58.2 Å². The zero-order valence-electron chi connectivity index (χ0n) is 14.2. The van der Waals surface area contributed by atoms with Crippen LogP contribution in [0.1, 0.15) is 35.3 Å². The molecule has 0 aliphatic heterocycles. The number of carbonyl (C=O) groups excluding carboxylic acids is 2. The van der Waals surface area contributed by atoms with Crippen LogP contribution in [0.25, 0.3) is 0 Å². The molecule has 0 radical (unpaired) electrons. The van der Waals surface area contributed by atoms with Crippen LogP contribution in [0.5, 0.6) is 0 Å². The molecule has 0 saturated heterocycles. The Morgan fingerprint density at radius 3 is 2.12 bits per heavy atom. The zero-order chi connectivity index (χ0) is 17.4. The van der Waals surface area contributed by atoms with E-state index in [1.807, 2.05) is 18.2 Å². The van der Waals surface area contributed by atoms with Gasteiger partial charge in [-0.15, -0.1) is 0 Å². The Labute approximate surface area is 143 Å². The Bertz CT molecular complexity index is 664. The van der Waals surface area contributed by atoms with Crippen LogP contribution in [-0.2, 0) is 17.8 Å². The van der Waals surface area contributed by atoms with E-state index >= 15 is 0 Å². The number of amides is 2. The molecular formula is C20H24N2O2. The summed E-state index contributed by atoms with van der Waals surface area (Å²) in [6, 6.07) is 17.1. The highest BCUT2D eigenvalue weighted by Gasteiger charge is 2.07. The summed E-state index contributed by atoms with van der Waals surface area (Å²) in [7, 11) is 0. The lowest BCUT2D eigenvalue weighted by Crippen LogP contribution is -2.36. The number of hydrogen-bond acceptors (Lipinski definition) is 2. The van der Waals surface area contributed by atoms with Crippen LogP contribution >= 0.6 is 0 Å². The first-order chi connectivity index (χ1) is 11.5. The Morgan fingerprint density at radius 1 is 0.875 bits per heavy atom. The zero-order valence-corrected chi connectivity index (χ0v) is 14.2. The molecule has 126 valence electrons. The van der Waals surface area contributed by atoms with Gasteiger partial charge in [0.15, 0.2) is 0 Å². The highest BCUT2D eigenvalue weighted by atomic mass is 16.2. The van der Waals surface area contributed by atoms with Crippen molar-refractivity contribution in [2.45, 2.75) is 26.8 Å². The van der Waals surface area contributed by atoms with Crippen molar-refractivity contribution >= 4 is 11.8 Å². The number of hydrogen-bond donors (Lipinski definition) is 2. The van der Waals surface area contributed by atoms with E-state index in [0.717, 1.165) is 12.0 Å². The van der Waals surface area contributed by atoms with Gasteiger partial charge in [0, 0.05) is 12.1 Å². The molecule has 2 aromatic carbocycles. The van der Waals surface area contributed by atoms with E-state index in [4.69, 9.17) is 0 Å². The molecule has 0 aliphatic rings. The molecule has 0 fully saturated rings. The Hall–Kier alpha value is -2.62. The summed E-state index contributed by atoms with van der Waals surface area (Å²) in [5.41, 5.74) is 2.89. The number of rotatable bonds is 7. The van der Waals surface area contributed by atoms with Gasteiger partial charge in [-0.05, 0) is 35.6 Å². The Morgan fingerprint density at radius 2 is 1.50 bits per heavy atom. The molecule has 2 rings (SSSR count). The van der Waals surface area contributed by atoms with Crippen molar-refractivity contribution in [3.8, 4) is 0 Å². The van der Waals surface area contributed by atoms with Crippen LogP contribution in [0, 0.1) is 5.92 Å². The molecule has 0 bridgehead atoms. The molecule has 0 heterocycles. The summed E-state index contributed by atoms with van der Waals surface area (Å²) in [6.07, 6.45) is 1.05. The predicted octanol–water partition coefficient (Wildman–Crippen LogP) is 2.93. The smallest absolute Gasteiger partial charge is 0.251 e. The third-order valence-corrected chi connectivity index (χ3v) is 3.60. The average Bonchev–Trinajstić information content (AvgIpc) is 2.59. The van der Waals surface area contributed by atoms with Crippen molar-refractivity contribution in [2.24, 2.45) is 5.92 Å². The van der Waals surface area contributed by atoms with Gasteiger partial charge in [-0.3, -0.25) is 9.59 Å². The predicted molar refractivity (Wildman–Crippen MR) is 95.6 cm³/mol. The van der Waals surface area contributed by atoms with Gasteiger partial charge in [0.05, 0.1) is 6.54 Å². The molecule has 0 aliphatic carbocycles. The van der Waals surface area contributed by atoms with Crippen LogP contribution in [0.15, 0.2) is 54.6 Å². The molecule has 4 heteroatoms. The van der Waals surface area contributed by atoms with E-state index in [1.165, 1.54) is 5.56 Å². The molecule has 0 aromatic heterocycles. The van der Waals surface area contributed by atoms with Gasteiger partial charge in [0.2, 0.25) is 5.91 Å². The summed E-state index contributed by atoms with van der Waals surface area (Å²) in [5.74, 6) is 0.179. The van der Waals surface area contributed by atoms with Crippen LogP contribution < -0.4 is 10.6 Å². The van der Waals surface area contributed by atoms with E-state index in [1.54, 1.807) is 24.3 Å². The van der Waals surface area contributed by atoms with E-state index in [0.29, 0.717) is 18.0 Å². The van der Waals surface area contributed by atoms with Crippen LogP contribution in [0.2, 0.25) is 0 Å². The SMILES string of the molecule is CC(C)Cc1ccc(CNC(=O)CNC(=O)c2ccccc2)cc1. The van der Waals surface area contributed by atoms with Crippen molar-refractivity contribution in [3.63, 3.8) is 0 Å². The summed E-state index contributed by atoms with van der Waals surface area (Å²) < 4.78 is 0. The van der Waals surface area contributed by atoms with Gasteiger partial charge in [0.1, 0.15) is 0 Å². The monoisotopic (exact) mass is 324 g/mol. The van der Waals surface area contributed by atoms with Crippen molar-refractivity contribution in [3.05, 3.63) is 71.3 Å². The van der Waals surface area contributed by atoms with Crippen molar-refractivity contribution in [1.29, 1.82) is 0 Å². The lowest BCUT2D eigenvalue weighted by atomic mass is 10.0. The van der Waals surface area contributed by atoms with E-state index in [-0.39, 0.29) is 18.4 Å². The maximum atomic E-state index is 11.9. The van der Waals surface area contributed by atoms with Crippen LogP contribution in [-0.4, -0.2) is 18.4 Å². The minimum Gasteiger partial charge on any atom is -0.350 e. The van der Waals surface area contributed by atoms with Crippen LogP contribution in [0.4, 0.5) is 0 Å². The molecule has 0 spiro atoms. The molecule has 2 aromatic rings. The third-order valence-electron chi connectivity index (χ3n) is 3.60. The molecule has 0 atom stereocenters. The van der Waals surface area contributed by atoms with E-state index in [2.05, 4.69) is 36.6 Å². The normalized spacial score (nSPS) is 10.5. The second kappa shape index (κ2) is 8.87. The summed E-state index contributed by atoms with van der Waals surface area (Å²) in [5, 5.41) is 5.43. The first kappa shape index (κ1) is 17.7. The number of nitrogens with one attached hydrogen (secondary N) is 2. The summed E-state index contributed by atoms with van der Waals surface area (Å²) >= 11 is 0.